The molecule has 2 nitrogen and oxygen atoms in total. The lowest BCUT2D eigenvalue weighted by molar-refractivity contribution is 0.597. The lowest BCUT2D eigenvalue weighted by Crippen LogP contribution is -2.31. The standard InChI is InChI=1S/C16H25BrN2/c1-6-10-19(12(3)4)16-9-8-14(11-15(16)17)13(5)18-7-2/h6,8-9,11-13,18H,1,7,10H2,2-5H3. The van der Waals surface area contributed by atoms with Crippen molar-refractivity contribution in [3.05, 3.63) is 40.9 Å². The first-order valence-corrected chi connectivity index (χ1v) is 7.70. The molecule has 0 saturated heterocycles. The molecule has 1 rings (SSSR count). The molecule has 0 radical (unpaired) electrons. The van der Waals surface area contributed by atoms with Gasteiger partial charge in [-0.25, -0.2) is 0 Å². The van der Waals surface area contributed by atoms with Crippen molar-refractivity contribution in [3.8, 4) is 0 Å². The molecule has 1 aromatic rings. The predicted molar refractivity (Wildman–Crippen MR) is 88.9 cm³/mol. The number of anilines is 1. The molecule has 0 heterocycles. The van der Waals surface area contributed by atoms with Gasteiger partial charge in [0.2, 0.25) is 0 Å². The molecule has 19 heavy (non-hydrogen) atoms. The van der Waals surface area contributed by atoms with Crippen molar-refractivity contribution in [1.29, 1.82) is 0 Å². The van der Waals surface area contributed by atoms with Crippen LogP contribution in [0, 0.1) is 0 Å². The molecule has 0 saturated carbocycles. The molecule has 1 unspecified atom stereocenters. The molecule has 0 fully saturated rings. The normalized spacial score (nSPS) is 12.5. The predicted octanol–water partition coefficient (Wildman–Crippen LogP) is 4.52. The Kier molecular flexibility index (Phi) is 6.59. The summed E-state index contributed by atoms with van der Waals surface area (Å²) in [6.45, 7) is 14.4. The van der Waals surface area contributed by atoms with Crippen molar-refractivity contribution in [1.82, 2.24) is 5.32 Å². The fraction of sp³-hybridized carbons (Fsp3) is 0.500. The van der Waals surface area contributed by atoms with E-state index in [1.807, 2.05) is 6.08 Å². The lowest BCUT2D eigenvalue weighted by Gasteiger charge is -2.29. The fourth-order valence-electron chi connectivity index (χ4n) is 2.18. The Morgan fingerprint density at radius 3 is 2.53 bits per heavy atom. The van der Waals surface area contributed by atoms with Crippen LogP contribution in [0.3, 0.4) is 0 Å². The Labute approximate surface area is 126 Å². The van der Waals surface area contributed by atoms with Crippen molar-refractivity contribution in [2.75, 3.05) is 18.0 Å². The zero-order valence-corrected chi connectivity index (χ0v) is 14.0. The Morgan fingerprint density at radius 1 is 1.37 bits per heavy atom. The summed E-state index contributed by atoms with van der Waals surface area (Å²) in [4.78, 5) is 2.33. The molecule has 0 bridgehead atoms. The average molecular weight is 325 g/mol. The fourth-order valence-corrected chi connectivity index (χ4v) is 2.80. The first-order chi connectivity index (χ1) is 9.01. The van der Waals surface area contributed by atoms with Crippen LogP contribution in [0.4, 0.5) is 5.69 Å². The SMILES string of the molecule is C=CCN(c1ccc(C(C)NCC)cc1Br)C(C)C. The van der Waals surface area contributed by atoms with Crippen LogP contribution in [0.5, 0.6) is 0 Å². The first kappa shape index (κ1) is 16.3. The molecule has 0 aliphatic carbocycles. The Bertz CT molecular complexity index is 415. The lowest BCUT2D eigenvalue weighted by atomic mass is 10.1. The number of nitrogens with one attached hydrogen (secondary N) is 1. The van der Waals surface area contributed by atoms with Gasteiger partial charge in [-0.3, -0.25) is 0 Å². The van der Waals surface area contributed by atoms with Crippen molar-refractivity contribution in [3.63, 3.8) is 0 Å². The second-order valence-corrected chi connectivity index (χ2v) is 5.88. The topological polar surface area (TPSA) is 15.3 Å². The third kappa shape index (κ3) is 4.36. The maximum atomic E-state index is 3.84. The van der Waals surface area contributed by atoms with Gasteiger partial charge in [-0.2, -0.15) is 0 Å². The highest BCUT2D eigenvalue weighted by Gasteiger charge is 2.14. The van der Waals surface area contributed by atoms with E-state index in [9.17, 15) is 0 Å². The van der Waals surface area contributed by atoms with E-state index in [1.54, 1.807) is 0 Å². The van der Waals surface area contributed by atoms with Crippen LogP contribution < -0.4 is 10.2 Å². The van der Waals surface area contributed by atoms with Crippen LogP contribution >= 0.6 is 15.9 Å². The minimum atomic E-state index is 0.377. The number of hydrogen-bond acceptors (Lipinski definition) is 2. The summed E-state index contributed by atoms with van der Waals surface area (Å²) >= 11 is 3.70. The highest BCUT2D eigenvalue weighted by Crippen LogP contribution is 2.30. The van der Waals surface area contributed by atoms with Crippen molar-refractivity contribution < 1.29 is 0 Å². The minimum Gasteiger partial charge on any atom is -0.364 e. The van der Waals surface area contributed by atoms with Gasteiger partial charge in [-0.1, -0.05) is 19.1 Å². The Balaban J connectivity index is 3.01. The van der Waals surface area contributed by atoms with Gasteiger partial charge in [0.1, 0.15) is 0 Å². The molecular formula is C16H25BrN2. The Morgan fingerprint density at radius 2 is 2.05 bits per heavy atom. The van der Waals surface area contributed by atoms with Gasteiger partial charge < -0.3 is 10.2 Å². The van der Waals surface area contributed by atoms with Crippen LogP contribution in [0.2, 0.25) is 0 Å². The maximum Gasteiger partial charge on any atom is 0.0515 e. The summed E-state index contributed by atoms with van der Waals surface area (Å²) in [6.07, 6.45) is 1.95. The molecule has 0 spiro atoms. The molecule has 0 aromatic heterocycles. The summed E-state index contributed by atoms with van der Waals surface area (Å²) in [7, 11) is 0. The zero-order chi connectivity index (χ0) is 14.4. The van der Waals surface area contributed by atoms with E-state index in [2.05, 4.69) is 78.6 Å². The van der Waals surface area contributed by atoms with E-state index in [-0.39, 0.29) is 0 Å². The van der Waals surface area contributed by atoms with Crippen molar-refractivity contribution >= 4 is 21.6 Å². The van der Waals surface area contributed by atoms with Crippen LogP contribution in [0.15, 0.2) is 35.3 Å². The van der Waals surface area contributed by atoms with Gasteiger partial charge in [-0.15, -0.1) is 6.58 Å². The largest absolute Gasteiger partial charge is 0.364 e. The Hall–Kier alpha value is -0.800. The van der Waals surface area contributed by atoms with Crippen molar-refractivity contribution in [2.24, 2.45) is 0 Å². The molecule has 106 valence electrons. The third-order valence-electron chi connectivity index (χ3n) is 3.24. The quantitative estimate of drug-likeness (QED) is 0.742. The van der Waals surface area contributed by atoms with E-state index < -0.39 is 0 Å². The molecule has 1 atom stereocenters. The highest BCUT2D eigenvalue weighted by atomic mass is 79.9. The molecule has 3 heteroatoms. The third-order valence-corrected chi connectivity index (χ3v) is 3.88. The van der Waals surface area contributed by atoms with Gasteiger partial charge in [0, 0.05) is 23.1 Å². The summed E-state index contributed by atoms with van der Waals surface area (Å²) < 4.78 is 1.14. The van der Waals surface area contributed by atoms with Gasteiger partial charge >= 0.3 is 0 Å². The van der Waals surface area contributed by atoms with E-state index in [0.717, 1.165) is 17.6 Å². The second kappa shape index (κ2) is 7.71. The van der Waals surface area contributed by atoms with E-state index in [0.29, 0.717) is 12.1 Å². The zero-order valence-electron chi connectivity index (χ0n) is 12.4. The smallest absolute Gasteiger partial charge is 0.0515 e. The number of rotatable bonds is 7. The number of nitrogens with zero attached hydrogens (tertiary/aromatic N) is 1. The van der Waals surface area contributed by atoms with E-state index >= 15 is 0 Å². The van der Waals surface area contributed by atoms with Gasteiger partial charge in [0.25, 0.3) is 0 Å². The number of hydrogen-bond donors (Lipinski definition) is 1. The summed E-state index contributed by atoms with van der Waals surface area (Å²) in [5.41, 5.74) is 2.53. The number of halogens is 1. The van der Waals surface area contributed by atoms with Gasteiger partial charge in [-0.05, 0) is 60.9 Å². The van der Waals surface area contributed by atoms with Gasteiger partial charge in [0.05, 0.1) is 5.69 Å². The van der Waals surface area contributed by atoms with E-state index in [4.69, 9.17) is 0 Å². The average Bonchev–Trinajstić information content (AvgIpc) is 2.36. The maximum absolute atomic E-state index is 3.84. The van der Waals surface area contributed by atoms with Crippen LogP contribution in [0.1, 0.15) is 39.3 Å². The molecule has 1 aromatic carbocycles. The molecule has 0 aliphatic rings. The number of benzene rings is 1. The molecule has 1 N–H and O–H groups in total. The molecule has 0 aliphatic heterocycles. The van der Waals surface area contributed by atoms with Crippen molar-refractivity contribution in [2.45, 2.75) is 39.8 Å². The summed E-state index contributed by atoms with van der Waals surface area (Å²) in [5.74, 6) is 0. The first-order valence-electron chi connectivity index (χ1n) is 6.91. The van der Waals surface area contributed by atoms with E-state index in [1.165, 1.54) is 11.3 Å². The highest BCUT2D eigenvalue weighted by molar-refractivity contribution is 9.10. The summed E-state index contributed by atoms with van der Waals surface area (Å²) in [5, 5.41) is 3.43. The molecule has 0 amide bonds. The molecular weight excluding hydrogens is 300 g/mol. The monoisotopic (exact) mass is 324 g/mol. The minimum absolute atomic E-state index is 0.377. The van der Waals surface area contributed by atoms with Crippen LogP contribution in [0.25, 0.3) is 0 Å². The van der Waals surface area contributed by atoms with Crippen LogP contribution in [-0.4, -0.2) is 19.1 Å². The van der Waals surface area contributed by atoms with Crippen LogP contribution in [-0.2, 0) is 0 Å². The van der Waals surface area contributed by atoms with Gasteiger partial charge in [0.15, 0.2) is 0 Å². The second-order valence-electron chi connectivity index (χ2n) is 5.02. The summed E-state index contributed by atoms with van der Waals surface area (Å²) in [6, 6.07) is 7.43.